The topological polar surface area (TPSA) is 28.7 Å². The number of rotatable bonds is 7. The van der Waals surface area contributed by atoms with Gasteiger partial charge in [0.1, 0.15) is 0 Å². The van der Waals surface area contributed by atoms with Crippen LogP contribution < -0.4 is 0 Å². The second kappa shape index (κ2) is 7.60. The Balaban J connectivity index is 1.59. The van der Waals surface area contributed by atoms with Crippen molar-refractivity contribution in [1.29, 1.82) is 0 Å². The van der Waals surface area contributed by atoms with Crippen LogP contribution in [0.15, 0.2) is 73.2 Å². The molecule has 0 aliphatic heterocycles. The van der Waals surface area contributed by atoms with Gasteiger partial charge in [-0.15, -0.1) is 0 Å². The van der Waals surface area contributed by atoms with Crippen molar-refractivity contribution in [1.82, 2.24) is 9.97 Å². The summed E-state index contributed by atoms with van der Waals surface area (Å²) in [6.45, 7) is 0. The smallest absolute Gasteiger partial charge is 0.0923 e. The van der Waals surface area contributed by atoms with E-state index >= 15 is 0 Å². The van der Waals surface area contributed by atoms with Gasteiger partial charge in [0.15, 0.2) is 0 Å². The Kier molecular flexibility index (Phi) is 5.04. The van der Waals surface area contributed by atoms with E-state index in [0.29, 0.717) is 5.92 Å². The summed E-state index contributed by atoms with van der Waals surface area (Å²) in [7, 11) is 0. The summed E-state index contributed by atoms with van der Waals surface area (Å²) in [5.41, 5.74) is 3.93. The van der Waals surface area contributed by atoms with Gasteiger partial charge in [0.2, 0.25) is 0 Å². The third-order valence-corrected chi connectivity index (χ3v) is 4.13. The predicted molar refractivity (Wildman–Crippen MR) is 90.9 cm³/mol. The Morgan fingerprint density at radius 2 is 1.59 bits per heavy atom. The van der Waals surface area contributed by atoms with Crippen LogP contribution in [-0.4, -0.2) is 9.97 Å². The highest BCUT2D eigenvalue weighted by Gasteiger charge is 2.15. The van der Waals surface area contributed by atoms with Crippen LogP contribution >= 0.6 is 0 Å². The first-order valence-electron chi connectivity index (χ1n) is 8.01. The second-order valence-electron chi connectivity index (χ2n) is 5.69. The monoisotopic (exact) mass is 290 g/mol. The van der Waals surface area contributed by atoms with Gasteiger partial charge in [0, 0.05) is 12.1 Å². The summed E-state index contributed by atoms with van der Waals surface area (Å²) in [4.78, 5) is 7.56. The van der Waals surface area contributed by atoms with Gasteiger partial charge in [-0.25, -0.2) is 4.98 Å². The molecule has 2 nitrogen and oxygen atoms in total. The number of hydrogen-bond acceptors (Lipinski definition) is 1. The first-order valence-corrected chi connectivity index (χ1v) is 8.01. The van der Waals surface area contributed by atoms with Crippen molar-refractivity contribution < 1.29 is 0 Å². The zero-order valence-electron chi connectivity index (χ0n) is 12.8. The summed E-state index contributed by atoms with van der Waals surface area (Å²) in [6.07, 6.45) is 8.52. The number of nitrogens with one attached hydrogen (secondary N) is 1. The molecule has 1 atom stereocenters. The van der Waals surface area contributed by atoms with E-state index in [1.165, 1.54) is 24.0 Å². The molecular formula is C20H22N2. The summed E-state index contributed by atoms with van der Waals surface area (Å²) < 4.78 is 0. The highest BCUT2D eigenvalue weighted by Crippen LogP contribution is 2.28. The van der Waals surface area contributed by atoms with Crippen molar-refractivity contribution in [2.45, 2.75) is 31.6 Å². The van der Waals surface area contributed by atoms with Gasteiger partial charge in [-0.1, -0.05) is 67.1 Å². The molecule has 0 saturated heterocycles. The minimum Gasteiger partial charge on any atom is -0.351 e. The van der Waals surface area contributed by atoms with Crippen molar-refractivity contribution in [3.63, 3.8) is 0 Å². The highest BCUT2D eigenvalue weighted by molar-refractivity contribution is 5.27. The Morgan fingerprint density at radius 3 is 2.27 bits per heavy atom. The molecule has 3 rings (SSSR count). The van der Waals surface area contributed by atoms with E-state index in [4.69, 9.17) is 0 Å². The van der Waals surface area contributed by atoms with Crippen LogP contribution in [-0.2, 0) is 6.42 Å². The highest BCUT2D eigenvalue weighted by atomic mass is 14.9. The Bertz CT molecular complexity index is 645. The lowest BCUT2D eigenvalue weighted by atomic mass is 9.90. The van der Waals surface area contributed by atoms with Gasteiger partial charge in [0.25, 0.3) is 0 Å². The average Bonchev–Trinajstić information content (AvgIpc) is 3.11. The molecule has 1 heterocycles. The fraction of sp³-hybridized carbons (Fsp3) is 0.250. The van der Waals surface area contributed by atoms with Gasteiger partial charge >= 0.3 is 0 Å². The number of H-pyrrole nitrogens is 1. The fourth-order valence-corrected chi connectivity index (χ4v) is 2.96. The van der Waals surface area contributed by atoms with Crippen LogP contribution in [0.4, 0.5) is 0 Å². The summed E-state index contributed by atoms with van der Waals surface area (Å²) in [5, 5.41) is 0. The summed E-state index contributed by atoms with van der Waals surface area (Å²) in [5.74, 6) is 0.392. The quantitative estimate of drug-likeness (QED) is 0.612. The van der Waals surface area contributed by atoms with Gasteiger partial charge in [-0.3, -0.25) is 0 Å². The van der Waals surface area contributed by atoms with Crippen LogP contribution in [0.5, 0.6) is 0 Å². The van der Waals surface area contributed by atoms with Crippen LogP contribution in [0.1, 0.15) is 42.0 Å². The molecule has 0 saturated carbocycles. The zero-order chi connectivity index (χ0) is 15.0. The maximum atomic E-state index is 4.47. The molecule has 0 spiro atoms. The zero-order valence-corrected chi connectivity index (χ0v) is 12.8. The molecule has 0 fully saturated rings. The molecule has 1 unspecified atom stereocenters. The van der Waals surface area contributed by atoms with Crippen LogP contribution in [0.25, 0.3) is 0 Å². The maximum Gasteiger partial charge on any atom is 0.0923 e. The summed E-state index contributed by atoms with van der Waals surface area (Å²) >= 11 is 0. The number of aromatic nitrogens is 2. The van der Waals surface area contributed by atoms with E-state index in [0.717, 1.165) is 18.5 Å². The molecule has 0 radical (unpaired) electrons. The molecule has 2 heteroatoms. The summed E-state index contributed by atoms with van der Waals surface area (Å²) in [6, 6.07) is 21.4. The van der Waals surface area contributed by atoms with E-state index in [1.807, 2.05) is 6.20 Å². The molecule has 0 aliphatic rings. The van der Waals surface area contributed by atoms with Crippen LogP contribution in [0.3, 0.4) is 0 Å². The third-order valence-electron chi connectivity index (χ3n) is 4.13. The van der Waals surface area contributed by atoms with E-state index < -0.39 is 0 Å². The van der Waals surface area contributed by atoms with Crippen molar-refractivity contribution in [3.05, 3.63) is 90.0 Å². The number of hydrogen-bond donors (Lipinski definition) is 1. The van der Waals surface area contributed by atoms with Crippen LogP contribution in [0, 0.1) is 0 Å². The minimum absolute atomic E-state index is 0.392. The lowest BCUT2D eigenvalue weighted by molar-refractivity contribution is 0.618. The van der Waals surface area contributed by atoms with E-state index in [2.05, 4.69) is 70.6 Å². The molecular weight excluding hydrogens is 268 g/mol. The Labute approximate surface area is 132 Å². The third kappa shape index (κ3) is 3.85. The lowest BCUT2D eigenvalue weighted by Gasteiger charge is -2.15. The van der Waals surface area contributed by atoms with E-state index in [1.54, 1.807) is 6.33 Å². The Morgan fingerprint density at radius 1 is 0.864 bits per heavy atom. The van der Waals surface area contributed by atoms with Crippen molar-refractivity contribution in [3.8, 4) is 0 Å². The number of unbranched alkanes of at least 4 members (excludes halogenated alkanes) is 1. The molecule has 3 aromatic rings. The molecule has 0 aliphatic carbocycles. The van der Waals surface area contributed by atoms with Crippen molar-refractivity contribution >= 4 is 0 Å². The van der Waals surface area contributed by atoms with Gasteiger partial charge < -0.3 is 4.98 Å². The van der Waals surface area contributed by atoms with E-state index in [-0.39, 0.29) is 0 Å². The molecule has 22 heavy (non-hydrogen) atoms. The molecule has 112 valence electrons. The van der Waals surface area contributed by atoms with Gasteiger partial charge in [-0.2, -0.15) is 0 Å². The number of nitrogens with zero attached hydrogens (tertiary/aromatic N) is 1. The predicted octanol–water partition coefficient (Wildman–Crippen LogP) is 4.95. The minimum atomic E-state index is 0.392. The van der Waals surface area contributed by atoms with E-state index in [9.17, 15) is 0 Å². The molecule has 0 amide bonds. The number of aromatic amines is 1. The average molecular weight is 290 g/mol. The van der Waals surface area contributed by atoms with Crippen molar-refractivity contribution in [2.75, 3.05) is 0 Å². The number of benzene rings is 2. The fourth-order valence-electron chi connectivity index (χ4n) is 2.96. The SMILES string of the molecule is c1ccc(CCCCC(c2ccccc2)c2c[nH]cn2)cc1. The lowest BCUT2D eigenvalue weighted by Crippen LogP contribution is -2.02. The largest absolute Gasteiger partial charge is 0.351 e. The molecule has 0 bridgehead atoms. The first kappa shape index (κ1) is 14.6. The molecule has 1 aromatic heterocycles. The first-order chi connectivity index (χ1) is 10.9. The number of imidazole rings is 1. The maximum absolute atomic E-state index is 4.47. The normalized spacial score (nSPS) is 12.2. The van der Waals surface area contributed by atoms with Crippen LogP contribution in [0.2, 0.25) is 0 Å². The van der Waals surface area contributed by atoms with Gasteiger partial charge in [-0.05, 0) is 30.4 Å². The van der Waals surface area contributed by atoms with Crippen molar-refractivity contribution in [2.24, 2.45) is 0 Å². The molecule has 2 aromatic carbocycles. The number of aryl methyl sites for hydroxylation is 1. The Hall–Kier alpha value is -2.35. The van der Waals surface area contributed by atoms with Gasteiger partial charge in [0.05, 0.1) is 12.0 Å². The standard InChI is InChI=1S/C20H22N2/c1-3-9-17(10-4-1)11-7-8-14-19(20-15-21-16-22-20)18-12-5-2-6-13-18/h1-6,9-10,12-13,15-16,19H,7-8,11,14H2,(H,21,22). The molecule has 1 N–H and O–H groups in total. The second-order valence-corrected chi connectivity index (χ2v) is 5.69.